The van der Waals surface area contributed by atoms with Gasteiger partial charge in [-0.1, -0.05) is 18.2 Å². The molecule has 84 valence electrons. The van der Waals surface area contributed by atoms with Crippen molar-refractivity contribution in [3.05, 3.63) is 41.8 Å². The average Bonchev–Trinajstić information content (AvgIpc) is 2.64. The number of hydrogen-bond donors (Lipinski definition) is 1. The number of aromatic nitrogens is 1. The molecule has 0 fully saturated rings. The Morgan fingerprint density at radius 2 is 2.12 bits per heavy atom. The molecule has 0 aliphatic heterocycles. The number of aliphatic hydroxyl groups excluding tert-OH is 1. The summed E-state index contributed by atoms with van der Waals surface area (Å²) in [4.78, 5) is 5.19. The van der Waals surface area contributed by atoms with Crippen molar-refractivity contribution in [2.24, 2.45) is 0 Å². The van der Waals surface area contributed by atoms with Gasteiger partial charge >= 0.3 is 0 Å². The molecule has 0 saturated carbocycles. The first kappa shape index (κ1) is 11.2. The highest BCUT2D eigenvalue weighted by Gasteiger charge is 2.10. The van der Waals surface area contributed by atoms with Crippen LogP contribution in [0.5, 0.6) is 0 Å². The quantitative estimate of drug-likeness (QED) is 0.887. The normalized spacial score (nSPS) is 12.7. The molecule has 0 bridgehead atoms. The summed E-state index contributed by atoms with van der Waals surface area (Å²) in [6, 6.07) is 7.70. The maximum atomic E-state index is 9.62. The van der Waals surface area contributed by atoms with E-state index in [9.17, 15) is 5.11 Å². The smallest absolute Gasteiger partial charge is 0.260 e. The summed E-state index contributed by atoms with van der Waals surface area (Å²) >= 11 is 1.43. The standard InChI is InChI=1S/C12H13NO2S/c1-8-7-15-12(13-8)16-11-6-4-3-5-10(11)9(2)14/h3-7,9,14H,1-2H3/t9-/m0/s1. The SMILES string of the molecule is Cc1coc(Sc2ccccc2[C@H](C)O)n1. The monoisotopic (exact) mass is 235 g/mol. The van der Waals surface area contributed by atoms with Gasteiger partial charge in [0, 0.05) is 4.90 Å². The van der Waals surface area contributed by atoms with Crippen LogP contribution in [-0.4, -0.2) is 10.1 Å². The van der Waals surface area contributed by atoms with Crippen molar-refractivity contribution in [1.29, 1.82) is 0 Å². The first-order chi connectivity index (χ1) is 7.66. The second kappa shape index (κ2) is 4.72. The zero-order valence-electron chi connectivity index (χ0n) is 9.18. The highest BCUT2D eigenvalue weighted by atomic mass is 32.2. The molecule has 2 aromatic rings. The Bertz CT molecular complexity index is 479. The lowest BCUT2D eigenvalue weighted by molar-refractivity contribution is 0.196. The molecule has 2 rings (SSSR count). The summed E-state index contributed by atoms with van der Waals surface area (Å²) in [6.45, 7) is 3.63. The number of nitrogens with zero attached hydrogens (tertiary/aromatic N) is 1. The number of benzene rings is 1. The van der Waals surface area contributed by atoms with E-state index >= 15 is 0 Å². The van der Waals surface area contributed by atoms with Crippen LogP contribution in [0.3, 0.4) is 0 Å². The van der Waals surface area contributed by atoms with Gasteiger partial charge in [-0.2, -0.15) is 0 Å². The summed E-state index contributed by atoms with van der Waals surface area (Å²) in [5, 5.41) is 10.2. The molecule has 1 aromatic heterocycles. The van der Waals surface area contributed by atoms with Crippen LogP contribution >= 0.6 is 11.8 Å². The van der Waals surface area contributed by atoms with Crippen LogP contribution in [0.4, 0.5) is 0 Å². The molecule has 0 amide bonds. The van der Waals surface area contributed by atoms with Crippen LogP contribution < -0.4 is 0 Å². The third-order valence-corrected chi connectivity index (χ3v) is 3.12. The van der Waals surface area contributed by atoms with Gasteiger partial charge in [0.1, 0.15) is 6.26 Å². The number of aryl methyl sites for hydroxylation is 1. The molecule has 1 atom stereocenters. The second-order valence-corrected chi connectivity index (χ2v) is 4.56. The van der Waals surface area contributed by atoms with Crippen molar-refractivity contribution in [1.82, 2.24) is 4.98 Å². The molecule has 1 heterocycles. The summed E-state index contributed by atoms with van der Waals surface area (Å²) in [5.41, 5.74) is 1.75. The average molecular weight is 235 g/mol. The lowest BCUT2D eigenvalue weighted by atomic mass is 10.1. The van der Waals surface area contributed by atoms with Gasteiger partial charge in [0.05, 0.1) is 11.8 Å². The Balaban J connectivity index is 2.27. The Morgan fingerprint density at radius 1 is 1.38 bits per heavy atom. The van der Waals surface area contributed by atoms with Gasteiger partial charge < -0.3 is 9.52 Å². The number of oxazole rings is 1. The molecule has 4 heteroatoms. The zero-order chi connectivity index (χ0) is 11.5. The van der Waals surface area contributed by atoms with Gasteiger partial charge in [0.15, 0.2) is 0 Å². The Labute approximate surface area is 98.5 Å². The molecule has 0 radical (unpaired) electrons. The molecule has 0 spiro atoms. The highest BCUT2D eigenvalue weighted by molar-refractivity contribution is 7.99. The van der Waals surface area contributed by atoms with Gasteiger partial charge in [-0.3, -0.25) is 0 Å². The molecule has 16 heavy (non-hydrogen) atoms. The summed E-state index contributed by atoms with van der Waals surface area (Å²) < 4.78 is 5.27. The molecule has 0 aliphatic rings. The molecule has 0 aliphatic carbocycles. The van der Waals surface area contributed by atoms with Crippen LogP contribution in [-0.2, 0) is 0 Å². The topological polar surface area (TPSA) is 46.3 Å². The van der Waals surface area contributed by atoms with E-state index in [0.29, 0.717) is 5.22 Å². The van der Waals surface area contributed by atoms with Crippen LogP contribution in [0, 0.1) is 6.92 Å². The van der Waals surface area contributed by atoms with E-state index in [1.165, 1.54) is 11.8 Å². The molecule has 3 nitrogen and oxygen atoms in total. The van der Waals surface area contributed by atoms with E-state index in [0.717, 1.165) is 16.2 Å². The maximum absolute atomic E-state index is 9.62. The fraction of sp³-hybridized carbons (Fsp3) is 0.250. The Kier molecular flexibility index (Phi) is 3.31. The van der Waals surface area contributed by atoms with E-state index in [-0.39, 0.29) is 0 Å². The van der Waals surface area contributed by atoms with Crippen LogP contribution in [0.2, 0.25) is 0 Å². The van der Waals surface area contributed by atoms with Crippen LogP contribution in [0.1, 0.15) is 24.3 Å². The molecule has 0 unspecified atom stereocenters. The van der Waals surface area contributed by atoms with E-state index in [4.69, 9.17) is 4.42 Å². The van der Waals surface area contributed by atoms with E-state index < -0.39 is 6.10 Å². The molecule has 0 saturated heterocycles. The van der Waals surface area contributed by atoms with E-state index in [2.05, 4.69) is 4.98 Å². The predicted octanol–water partition coefficient (Wildman–Crippen LogP) is 3.19. The fourth-order valence-electron chi connectivity index (χ4n) is 1.39. The van der Waals surface area contributed by atoms with Crippen molar-refractivity contribution < 1.29 is 9.52 Å². The molecule has 1 aromatic carbocycles. The van der Waals surface area contributed by atoms with Gasteiger partial charge in [0.2, 0.25) is 0 Å². The molecule has 1 N–H and O–H groups in total. The minimum Gasteiger partial charge on any atom is -0.439 e. The summed E-state index contributed by atoms with van der Waals surface area (Å²) in [7, 11) is 0. The molecular formula is C12H13NO2S. The number of aliphatic hydroxyl groups is 1. The Hall–Kier alpha value is -1.26. The van der Waals surface area contributed by atoms with Gasteiger partial charge in [-0.05, 0) is 37.2 Å². The van der Waals surface area contributed by atoms with E-state index in [1.807, 2.05) is 31.2 Å². The first-order valence-corrected chi connectivity index (χ1v) is 5.85. The predicted molar refractivity (Wildman–Crippen MR) is 62.4 cm³/mol. The number of hydrogen-bond acceptors (Lipinski definition) is 4. The third kappa shape index (κ3) is 2.46. The first-order valence-electron chi connectivity index (χ1n) is 5.04. The summed E-state index contributed by atoms with van der Waals surface area (Å²) in [6.07, 6.45) is 1.13. The zero-order valence-corrected chi connectivity index (χ0v) is 9.99. The van der Waals surface area contributed by atoms with Crippen molar-refractivity contribution in [3.8, 4) is 0 Å². The van der Waals surface area contributed by atoms with Gasteiger partial charge in [-0.25, -0.2) is 4.98 Å². The number of rotatable bonds is 3. The van der Waals surface area contributed by atoms with Gasteiger partial charge in [0.25, 0.3) is 5.22 Å². The van der Waals surface area contributed by atoms with E-state index in [1.54, 1.807) is 13.2 Å². The fourth-order valence-corrected chi connectivity index (χ4v) is 2.37. The van der Waals surface area contributed by atoms with Crippen LogP contribution in [0.15, 0.2) is 45.1 Å². The second-order valence-electron chi connectivity index (χ2n) is 3.57. The third-order valence-electron chi connectivity index (χ3n) is 2.16. The lowest BCUT2D eigenvalue weighted by Crippen LogP contribution is -1.93. The largest absolute Gasteiger partial charge is 0.439 e. The highest BCUT2D eigenvalue weighted by Crippen LogP contribution is 2.32. The minimum atomic E-state index is -0.486. The lowest BCUT2D eigenvalue weighted by Gasteiger charge is -2.09. The summed E-state index contributed by atoms with van der Waals surface area (Å²) in [5.74, 6) is 0. The Morgan fingerprint density at radius 3 is 2.75 bits per heavy atom. The van der Waals surface area contributed by atoms with Crippen molar-refractivity contribution >= 4 is 11.8 Å². The van der Waals surface area contributed by atoms with Crippen molar-refractivity contribution in [2.45, 2.75) is 30.1 Å². The minimum absolute atomic E-state index is 0.486. The van der Waals surface area contributed by atoms with Crippen LogP contribution in [0.25, 0.3) is 0 Å². The molecular weight excluding hydrogens is 222 g/mol. The van der Waals surface area contributed by atoms with Gasteiger partial charge in [-0.15, -0.1) is 0 Å². The van der Waals surface area contributed by atoms with Crippen molar-refractivity contribution in [2.75, 3.05) is 0 Å². The van der Waals surface area contributed by atoms with Crippen molar-refractivity contribution in [3.63, 3.8) is 0 Å². The maximum Gasteiger partial charge on any atom is 0.260 e.